The zero-order valence-electron chi connectivity index (χ0n) is 16.5. The van der Waals surface area contributed by atoms with E-state index in [9.17, 15) is 18.0 Å². The highest BCUT2D eigenvalue weighted by Gasteiger charge is 2.28. The first-order chi connectivity index (χ1) is 14.5. The fourth-order valence-electron chi connectivity index (χ4n) is 3.06. The Labute approximate surface area is 180 Å². The van der Waals surface area contributed by atoms with Crippen molar-refractivity contribution in [1.29, 1.82) is 0 Å². The van der Waals surface area contributed by atoms with Gasteiger partial charge in [-0.1, -0.05) is 24.3 Å². The second-order valence-electron chi connectivity index (χ2n) is 6.74. The molecule has 2 amide bonds. The lowest BCUT2D eigenvalue weighted by molar-refractivity contribution is -0.121. The van der Waals surface area contributed by atoms with Gasteiger partial charge >= 0.3 is 0 Å². The molecular weight excluding hydrogens is 426 g/mol. The summed E-state index contributed by atoms with van der Waals surface area (Å²) in [7, 11) is -3.64. The molecule has 0 saturated carbocycles. The van der Waals surface area contributed by atoms with E-state index in [0.717, 1.165) is 0 Å². The predicted octanol–water partition coefficient (Wildman–Crippen LogP) is 1.60. The molecule has 8 nitrogen and oxygen atoms in total. The molecule has 0 aliphatic carbocycles. The summed E-state index contributed by atoms with van der Waals surface area (Å²) in [6.45, 7) is 1.91. The Morgan fingerprint density at radius 1 is 1.07 bits per heavy atom. The quantitative estimate of drug-likeness (QED) is 0.564. The molecule has 2 heterocycles. The van der Waals surface area contributed by atoms with Crippen molar-refractivity contribution in [1.82, 2.24) is 14.9 Å². The van der Waals surface area contributed by atoms with Gasteiger partial charge in [0.15, 0.2) is 0 Å². The highest BCUT2D eigenvalue weighted by Crippen LogP contribution is 2.21. The number of rotatable bonds is 9. The minimum absolute atomic E-state index is 0.125. The van der Waals surface area contributed by atoms with Gasteiger partial charge in [0, 0.05) is 32.6 Å². The number of benzene rings is 1. The molecule has 2 N–H and O–H groups in total. The number of carbonyl (C=O) groups is 2. The number of ether oxygens (including phenoxy) is 1. The molecule has 0 radical (unpaired) electrons. The van der Waals surface area contributed by atoms with Gasteiger partial charge in [0.2, 0.25) is 15.9 Å². The Kier molecular flexibility index (Phi) is 7.97. The van der Waals surface area contributed by atoms with Crippen LogP contribution in [0.4, 0.5) is 0 Å². The second kappa shape index (κ2) is 10.7. The molecule has 1 aromatic carbocycles. The number of hydrogen-bond donors (Lipinski definition) is 2. The number of amides is 2. The summed E-state index contributed by atoms with van der Waals surface area (Å²) in [6.07, 6.45) is 0.736. The molecule has 30 heavy (non-hydrogen) atoms. The lowest BCUT2D eigenvalue weighted by Gasteiger charge is -2.27. The van der Waals surface area contributed by atoms with E-state index < -0.39 is 10.0 Å². The van der Waals surface area contributed by atoms with Gasteiger partial charge in [-0.05, 0) is 29.5 Å². The molecule has 1 saturated heterocycles. The van der Waals surface area contributed by atoms with Crippen LogP contribution in [-0.2, 0) is 26.1 Å². The molecule has 1 fully saturated rings. The fourth-order valence-corrected chi connectivity index (χ4v) is 5.33. The monoisotopic (exact) mass is 451 g/mol. The smallest absolute Gasteiger partial charge is 0.261 e. The lowest BCUT2D eigenvalue weighted by atomic mass is 10.2. The summed E-state index contributed by atoms with van der Waals surface area (Å²) in [5.41, 5.74) is 0.545. The largest absolute Gasteiger partial charge is 0.379 e. The molecule has 1 aliphatic heterocycles. The van der Waals surface area contributed by atoms with E-state index in [1.165, 1.54) is 15.6 Å². The Morgan fingerprint density at radius 3 is 2.57 bits per heavy atom. The fraction of sp³-hybridized carbons (Fsp3) is 0.400. The predicted molar refractivity (Wildman–Crippen MR) is 114 cm³/mol. The Hall–Kier alpha value is -2.27. The SMILES string of the molecule is O=C(CCCNC(=O)c1cccs1)NCc1ccccc1S(=O)(=O)N1CCOCC1. The summed E-state index contributed by atoms with van der Waals surface area (Å²) in [5.74, 6) is -0.341. The zero-order valence-corrected chi connectivity index (χ0v) is 18.1. The number of thiophene rings is 1. The standard InChI is InChI=1S/C20H25N3O5S2/c24-19(8-3-9-21-20(25)17-6-4-14-29-17)22-15-16-5-1-2-7-18(16)30(26,27)23-10-12-28-13-11-23/h1-2,4-7,14H,3,8-13,15H2,(H,21,25)(H,22,24). The third-order valence-corrected chi connectivity index (χ3v) is 7.52. The van der Waals surface area contributed by atoms with Crippen molar-refractivity contribution in [3.63, 3.8) is 0 Å². The van der Waals surface area contributed by atoms with Crippen LogP contribution in [0.1, 0.15) is 28.1 Å². The van der Waals surface area contributed by atoms with E-state index >= 15 is 0 Å². The summed E-state index contributed by atoms with van der Waals surface area (Å²) in [5, 5.41) is 7.38. The van der Waals surface area contributed by atoms with Crippen LogP contribution in [0.25, 0.3) is 0 Å². The zero-order chi connectivity index (χ0) is 21.4. The van der Waals surface area contributed by atoms with E-state index in [2.05, 4.69) is 10.6 Å². The molecule has 3 rings (SSSR count). The van der Waals surface area contributed by atoms with Crippen molar-refractivity contribution in [3.8, 4) is 0 Å². The third kappa shape index (κ3) is 5.88. The van der Waals surface area contributed by atoms with E-state index in [4.69, 9.17) is 4.74 Å². The second-order valence-corrected chi connectivity index (χ2v) is 9.59. The van der Waals surface area contributed by atoms with Crippen molar-refractivity contribution in [2.24, 2.45) is 0 Å². The average Bonchev–Trinajstić information content (AvgIpc) is 3.31. The number of hydrogen-bond acceptors (Lipinski definition) is 6. The number of nitrogens with zero attached hydrogens (tertiary/aromatic N) is 1. The van der Waals surface area contributed by atoms with Gasteiger partial charge in [-0.3, -0.25) is 9.59 Å². The van der Waals surface area contributed by atoms with E-state index in [1.807, 2.05) is 11.4 Å². The molecule has 1 aliphatic rings. The highest BCUT2D eigenvalue weighted by atomic mass is 32.2. The molecule has 1 aromatic heterocycles. The molecule has 0 atom stereocenters. The van der Waals surface area contributed by atoms with Crippen molar-refractivity contribution in [2.75, 3.05) is 32.8 Å². The number of morpholine rings is 1. The van der Waals surface area contributed by atoms with Crippen LogP contribution in [0.15, 0.2) is 46.7 Å². The number of sulfonamides is 1. The van der Waals surface area contributed by atoms with Crippen LogP contribution in [0.2, 0.25) is 0 Å². The van der Waals surface area contributed by atoms with Crippen LogP contribution >= 0.6 is 11.3 Å². The van der Waals surface area contributed by atoms with E-state index in [1.54, 1.807) is 30.3 Å². The number of carbonyl (C=O) groups excluding carboxylic acids is 2. The first kappa shape index (κ1) is 22.4. The molecule has 162 valence electrons. The van der Waals surface area contributed by atoms with Gasteiger partial charge in [0.25, 0.3) is 5.91 Å². The van der Waals surface area contributed by atoms with Crippen molar-refractivity contribution in [2.45, 2.75) is 24.3 Å². The molecule has 0 unspecified atom stereocenters. The Bertz CT molecular complexity index is 955. The van der Waals surface area contributed by atoms with Gasteiger partial charge in [0.1, 0.15) is 0 Å². The first-order valence-electron chi connectivity index (χ1n) is 9.72. The third-order valence-electron chi connectivity index (χ3n) is 4.65. The molecule has 10 heteroatoms. The van der Waals surface area contributed by atoms with Gasteiger partial charge in [-0.15, -0.1) is 11.3 Å². The highest BCUT2D eigenvalue weighted by molar-refractivity contribution is 7.89. The van der Waals surface area contributed by atoms with E-state index in [0.29, 0.717) is 49.7 Å². The van der Waals surface area contributed by atoms with Crippen molar-refractivity contribution < 1.29 is 22.7 Å². The summed E-state index contributed by atoms with van der Waals surface area (Å²) in [4.78, 5) is 24.8. The minimum Gasteiger partial charge on any atom is -0.379 e. The van der Waals surface area contributed by atoms with Crippen LogP contribution in [0.3, 0.4) is 0 Å². The maximum absolute atomic E-state index is 12.9. The van der Waals surface area contributed by atoms with Crippen molar-refractivity contribution >= 4 is 33.2 Å². The topological polar surface area (TPSA) is 105 Å². The van der Waals surface area contributed by atoms with Gasteiger partial charge in [-0.2, -0.15) is 4.31 Å². The molecule has 0 spiro atoms. The van der Waals surface area contributed by atoms with Crippen LogP contribution in [-0.4, -0.2) is 57.4 Å². The Morgan fingerprint density at radius 2 is 1.83 bits per heavy atom. The molecule has 0 bridgehead atoms. The summed E-state index contributed by atoms with van der Waals surface area (Å²) < 4.78 is 32.5. The van der Waals surface area contributed by atoms with Crippen LogP contribution < -0.4 is 10.6 Å². The van der Waals surface area contributed by atoms with E-state index in [-0.39, 0.29) is 29.7 Å². The van der Waals surface area contributed by atoms with Crippen molar-refractivity contribution in [3.05, 3.63) is 52.2 Å². The van der Waals surface area contributed by atoms with Gasteiger partial charge < -0.3 is 15.4 Å². The Balaban J connectivity index is 1.48. The molecular formula is C20H25N3O5S2. The van der Waals surface area contributed by atoms with Crippen LogP contribution in [0.5, 0.6) is 0 Å². The summed E-state index contributed by atoms with van der Waals surface area (Å²) >= 11 is 1.36. The summed E-state index contributed by atoms with van der Waals surface area (Å²) in [6, 6.07) is 10.2. The lowest BCUT2D eigenvalue weighted by Crippen LogP contribution is -2.41. The molecule has 2 aromatic rings. The maximum atomic E-state index is 12.9. The average molecular weight is 452 g/mol. The normalized spacial score (nSPS) is 14.9. The van der Waals surface area contributed by atoms with Gasteiger partial charge in [0.05, 0.1) is 23.0 Å². The number of nitrogens with one attached hydrogen (secondary N) is 2. The maximum Gasteiger partial charge on any atom is 0.261 e. The minimum atomic E-state index is -3.64. The van der Waals surface area contributed by atoms with Crippen LogP contribution in [0, 0.1) is 0 Å². The van der Waals surface area contributed by atoms with Gasteiger partial charge in [-0.25, -0.2) is 8.42 Å². The first-order valence-corrected chi connectivity index (χ1v) is 12.0.